The molecule has 0 aliphatic carbocycles. The summed E-state index contributed by atoms with van der Waals surface area (Å²) in [6.45, 7) is 3.27. The number of thiazole rings is 1. The molecular formula is C14H18IN3O2S2. The first-order valence-electron chi connectivity index (χ1n) is 6.67. The molecule has 0 amide bonds. The second-order valence-corrected chi connectivity index (χ2v) is 6.43. The molecule has 3 rings (SSSR count). The Balaban J connectivity index is 0.00000176. The van der Waals surface area contributed by atoms with E-state index in [0.29, 0.717) is 5.04 Å². The number of nitrogens with one attached hydrogen (secondary N) is 1. The predicted octanol–water partition coefficient (Wildman–Crippen LogP) is 3.45. The molecule has 1 saturated heterocycles. The van der Waals surface area contributed by atoms with Crippen LogP contribution in [-0.4, -0.2) is 49.7 Å². The minimum atomic E-state index is 0. The second kappa shape index (κ2) is 7.80. The van der Waals surface area contributed by atoms with Gasteiger partial charge in [-0.3, -0.25) is 5.41 Å². The second-order valence-electron chi connectivity index (χ2n) is 4.62. The van der Waals surface area contributed by atoms with Crippen molar-refractivity contribution in [2.45, 2.75) is 0 Å². The van der Waals surface area contributed by atoms with E-state index in [1.54, 1.807) is 18.4 Å². The normalized spacial score (nSPS) is 14.7. The summed E-state index contributed by atoms with van der Waals surface area (Å²) in [6, 6.07) is 4.04. The van der Waals surface area contributed by atoms with Gasteiger partial charge in [0.1, 0.15) is 21.3 Å². The van der Waals surface area contributed by atoms with Crippen molar-refractivity contribution in [1.29, 1.82) is 5.41 Å². The molecular weight excluding hydrogens is 433 g/mol. The van der Waals surface area contributed by atoms with E-state index in [-0.39, 0.29) is 24.0 Å². The van der Waals surface area contributed by atoms with Gasteiger partial charge in [-0.25, -0.2) is 4.98 Å². The molecule has 120 valence electrons. The summed E-state index contributed by atoms with van der Waals surface area (Å²) < 4.78 is 11.9. The van der Waals surface area contributed by atoms with E-state index >= 15 is 0 Å². The van der Waals surface area contributed by atoms with E-state index in [1.165, 1.54) is 11.8 Å². The molecule has 2 aromatic rings. The number of halogens is 1. The van der Waals surface area contributed by atoms with E-state index in [4.69, 9.17) is 14.9 Å². The van der Waals surface area contributed by atoms with Crippen molar-refractivity contribution in [1.82, 2.24) is 4.98 Å². The van der Waals surface area contributed by atoms with Crippen LogP contribution in [0.2, 0.25) is 0 Å². The van der Waals surface area contributed by atoms with Crippen molar-refractivity contribution in [2.75, 3.05) is 44.6 Å². The number of hydrogen-bond donors (Lipinski definition) is 1. The molecule has 22 heavy (non-hydrogen) atoms. The maximum atomic E-state index is 7.99. The molecule has 0 saturated carbocycles. The van der Waals surface area contributed by atoms with Crippen LogP contribution in [0.5, 0.6) is 5.75 Å². The van der Waals surface area contributed by atoms with Gasteiger partial charge in [0.15, 0.2) is 0 Å². The number of ether oxygens (including phenoxy) is 2. The molecule has 2 heterocycles. The standard InChI is InChI=1S/C14H17N3O2S2.HI/c1-18-10-4-3-9(17-5-7-19-8-6-17)12-11(10)16-14(21-12)13(15)20-2;/h3-4,15H,5-8H2,1-2H3;1H. The van der Waals surface area contributed by atoms with Crippen molar-refractivity contribution in [2.24, 2.45) is 0 Å². The Labute approximate surface area is 154 Å². The van der Waals surface area contributed by atoms with E-state index in [0.717, 1.165) is 53.0 Å². The average Bonchev–Trinajstić information content (AvgIpc) is 2.99. The van der Waals surface area contributed by atoms with Crippen LogP contribution in [0.3, 0.4) is 0 Å². The molecule has 0 unspecified atom stereocenters. The summed E-state index contributed by atoms with van der Waals surface area (Å²) in [6.07, 6.45) is 1.90. The fourth-order valence-corrected chi connectivity index (χ4v) is 3.94. The van der Waals surface area contributed by atoms with Gasteiger partial charge in [0, 0.05) is 13.1 Å². The summed E-state index contributed by atoms with van der Waals surface area (Å²) in [5.74, 6) is 0.762. The smallest absolute Gasteiger partial charge is 0.149 e. The highest BCUT2D eigenvalue weighted by atomic mass is 127. The third-order valence-electron chi connectivity index (χ3n) is 3.46. The highest BCUT2D eigenvalue weighted by Crippen LogP contribution is 2.38. The van der Waals surface area contributed by atoms with Gasteiger partial charge in [-0.05, 0) is 18.4 Å². The lowest BCUT2D eigenvalue weighted by molar-refractivity contribution is 0.123. The number of anilines is 1. The first kappa shape index (κ1) is 17.8. The highest BCUT2D eigenvalue weighted by Gasteiger charge is 2.20. The molecule has 0 radical (unpaired) electrons. The quantitative estimate of drug-likeness (QED) is 0.440. The van der Waals surface area contributed by atoms with Crippen LogP contribution in [0.1, 0.15) is 5.01 Å². The zero-order valence-corrected chi connectivity index (χ0v) is 16.4. The Morgan fingerprint density at radius 1 is 1.41 bits per heavy atom. The highest BCUT2D eigenvalue weighted by molar-refractivity contribution is 14.0. The molecule has 0 bridgehead atoms. The van der Waals surface area contributed by atoms with E-state index in [1.807, 2.05) is 12.3 Å². The Kier molecular flexibility index (Phi) is 6.30. The Hall–Kier alpha value is -0.580. The lowest BCUT2D eigenvalue weighted by atomic mass is 10.2. The largest absolute Gasteiger partial charge is 0.494 e. The van der Waals surface area contributed by atoms with E-state index in [2.05, 4.69) is 16.0 Å². The fraction of sp³-hybridized carbons (Fsp3) is 0.429. The zero-order valence-electron chi connectivity index (χ0n) is 12.4. The van der Waals surface area contributed by atoms with Crippen LogP contribution < -0.4 is 9.64 Å². The van der Waals surface area contributed by atoms with Crippen LogP contribution in [0.4, 0.5) is 5.69 Å². The minimum absolute atomic E-state index is 0. The maximum Gasteiger partial charge on any atom is 0.149 e. The van der Waals surface area contributed by atoms with Crippen LogP contribution in [-0.2, 0) is 4.74 Å². The van der Waals surface area contributed by atoms with Crippen LogP contribution in [0.15, 0.2) is 12.1 Å². The molecule has 1 aromatic carbocycles. The van der Waals surface area contributed by atoms with Crippen molar-refractivity contribution in [3.05, 3.63) is 17.1 Å². The molecule has 0 spiro atoms. The predicted molar refractivity (Wildman–Crippen MR) is 105 cm³/mol. The summed E-state index contributed by atoms with van der Waals surface area (Å²) in [5, 5.41) is 9.23. The fourth-order valence-electron chi connectivity index (χ4n) is 2.37. The number of fused-ring (bicyclic) bond motifs is 1. The van der Waals surface area contributed by atoms with Gasteiger partial charge in [0.05, 0.1) is 30.7 Å². The van der Waals surface area contributed by atoms with Crippen molar-refractivity contribution >= 4 is 68.0 Å². The third kappa shape index (κ3) is 3.34. The van der Waals surface area contributed by atoms with E-state index in [9.17, 15) is 0 Å². The molecule has 1 aromatic heterocycles. The van der Waals surface area contributed by atoms with Crippen LogP contribution in [0.25, 0.3) is 10.2 Å². The number of thioether (sulfide) groups is 1. The number of hydrogen-bond acceptors (Lipinski definition) is 7. The first-order valence-corrected chi connectivity index (χ1v) is 8.72. The lowest BCUT2D eigenvalue weighted by Crippen LogP contribution is -2.36. The monoisotopic (exact) mass is 451 g/mol. The maximum absolute atomic E-state index is 7.99. The summed E-state index contributed by atoms with van der Waals surface area (Å²) >= 11 is 2.97. The van der Waals surface area contributed by atoms with Gasteiger partial charge < -0.3 is 14.4 Å². The molecule has 8 heteroatoms. The van der Waals surface area contributed by atoms with Gasteiger partial charge in [0.2, 0.25) is 0 Å². The van der Waals surface area contributed by atoms with Gasteiger partial charge in [-0.15, -0.1) is 47.1 Å². The Morgan fingerprint density at radius 2 is 2.14 bits per heavy atom. The molecule has 1 aliphatic rings. The number of methoxy groups -OCH3 is 1. The van der Waals surface area contributed by atoms with Gasteiger partial charge >= 0.3 is 0 Å². The van der Waals surface area contributed by atoms with Crippen LogP contribution >= 0.6 is 47.1 Å². The topological polar surface area (TPSA) is 58.4 Å². The number of benzene rings is 1. The first-order chi connectivity index (χ1) is 10.2. The number of rotatable bonds is 3. The number of aromatic nitrogens is 1. The summed E-state index contributed by atoms with van der Waals surface area (Å²) in [4.78, 5) is 6.92. The molecule has 1 fully saturated rings. The summed E-state index contributed by atoms with van der Waals surface area (Å²) in [7, 11) is 1.65. The third-order valence-corrected chi connectivity index (χ3v) is 5.28. The Morgan fingerprint density at radius 3 is 2.77 bits per heavy atom. The molecule has 5 nitrogen and oxygen atoms in total. The molecule has 1 N–H and O–H groups in total. The van der Waals surface area contributed by atoms with Crippen molar-refractivity contribution in [3.63, 3.8) is 0 Å². The molecule has 0 atom stereocenters. The van der Waals surface area contributed by atoms with Gasteiger partial charge in [0.25, 0.3) is 0 Å². The van der Waals surface area contributed by atoms with Crippen molar-refractivity contribution < 1.29 is 9.47 Å². The average molecular weight is 451 g/mol. The SMILES string of the molecule is COc1ccc(N2CCOCC2)c2sc(C(=N)SC)nc12.I. The molecule has 1 aliphatic heterocycles. The van der Waals surface area contributed by atoms with Crippen LogP contribution in [0, 0.1) is 5.41 Å². The van der Waals surface area contributed by atoms with E-state index < -0.39 is 0 Å². The zero-order chi connectivity index (χ0) is 14.8. The summed E-state index contributed by atoms with van der Waals surface area (Å²) in [5.41, 5.74) is 2.01. The minimum Gasteiger partial charge on any atom is -0.494 e. The number of nitrogens with zero attached hydrogens (tertiary/aromatic N) is 2. The van der Waals surface area contributed by atoms with Gasteiger partial charge in [-0.2, -0.15) is 0 Å². The number of morpholine rings is 1. The lowest BCUT2D eigenvalue weighted by Gasteiger charge is -2.29. The van der Waals surface area contributed by atoms with Gasteiger partial charge in [-0.1, -0.05) is 0 Å². The van der Waals surface area contributed by atoms with Crippen molar-refractivity contribution in [3.8, 4) is 5.75 Å². The Bertz CT molecular complexity index is 671.